The van der Waals surface area contributed by atoms with Crippen molar-refractivity contribution in [1.82, 2.24) is 8.97 Å². The van der Waals surface area contributed by atoms with Crippen LogP contribution >= 0.6 is 0 Å². The predicted octanol–water partition coefficient (Wildman–Crippen LogP) is 16.0. The summed E-state index contributed by atoms with van der Waals surface area (Å²) >= 11 is 0. The number of hydrogen-bond acceptors (Lipinski definition) is 1. The molecule has 0 spiro atoms. The van der Waals surface area contributed by atoms with Gasteiger partial charge < -0.3 is 13.9 Å². The van der Waals surface area contributed by atoms with Crippen LogP contribution in [0.2, 0.25) is 0 Å². The van der Waals surface area contributed by atoms with Crippen molar-refractivity contribution in [1.29, 1.82) is 0 Å². The van der Waals surface area contributed by atoms with E-state index in [9.17, 15) is 0 Å². The number of anilines is 3. The van der Waals surface area contributed by atoms with E-state index in [1.165, 1.54) is 109 Å². The summed E-state index contributed by atoms with van der Waals surface area (Å²) in [6.45, 7) is 4.87. The second-order valence-electron chi connectivity index (χ2n) is 17.7. The van der Waals surface area contributed by atoms with Crippen molar-refractivity contribution >= 4 is 98.5 Å². The molecule has 1 aliphatic rings. The van der Waals surface area contributed by atoms with Gasteiger partial charge in [0.05, 0.1) is 33.3 Å². The molecule has 3 nitrogen and oxygen atoms in total. The SMILES string of the molecule is CC1(C)c2cc(N(c3ccc(-c4ccccc4)cc3)c3ccc4c5ccccc5n(-c5ccccc5)c4c3)c3ccc4cccc5c4c3c2c2c1ccc1c3ccccc3n5c12. The lowest BCUT2D eigenvalue weighted by atomic mass is 9.80. The molecular weight excluding hydrogens is 751 g/mol. The minimum Gasteiger partial charge on any atom is -0.310 e. The average molecular weight is 790 g/mol. The average Bonchev–Trinajstić information content (AvgIpc) is 3.88. The highest BCUT2D eigenvalue weighted by Crippen LogP contribution is 2.56. The van der Waals surface area contributed by atoms with Crippen molar-refractivity contribution in [3.8, 4) is 16.8 Å². The molecular formula is C59H39N3. The number of rotatable bonds is 5. The molecule has 14 rings (SSSR count). The highest BCUT2D eigenvalue weighted by molar-refractivity contribution is 6.35. The monoisotopic (exact) mass is 789 g/mol. The maximum absolute atomic E-state index is 2.58. The van der Waals surface area contributed by atoms with E-state index >= 15 is 0 Å². The summed E-state index contributed by atoms with van der Waals surface area (Å²) in [5.74, 6) is 0. The minimum absolute atomic E-state index is 0.246. The summed E-state index contributed by atoms with van der Waals surface area (Å²) in [5.41, 5.74) is 15.7. The third kappa shape index (κ3) is 4.34. The van der Waals surface area contributed by atoms with Crippen LogP contribution in [0.25, 0.3) is 98.3 Å². The van der Waals surface area contributed by atoms with Gasteiger partial charge >= 0.3 is 0 Å². The number of hydrogen-bond donors (Lipinski definition) is 0. The fraction of sp³-hybridized carbons (Fsp3) is 0.0508. The Morgan fingerprint density at radius 3 is 1.82 bits per heavy atom. The van der Waals surface area contributed by atoms with Crippen LogP contribution in [0.4, 0.5) is 17.1 Å². The van der Waals surface area contributed by atoms with E-state index in [4.69, 9.17) is 0 Å². The summed E-state index contributed by atoms with van der Waals surface area (Å²) in [4.78, 5) is 2.53. The molecule has 3 aromatic heterocycles. The van der Waals surface area contributed by atoms with Gasteiger partial charge in [0.15, 0.2) is 0 Å². The predicted molar refractivity (Wildman–Crippen MR) is 263 cm³/mol. The van der Waals surface area contributed by atoms with Crippen LogP contribution < -0.4 is 4.90 Å². The van der Waals surface area contributed by atoms with E-state index in [2.05, 4.69) is 228 Å². The van der Waals surface area contributed by atoms with Gasteiger partial charge in [-0.25, -0.2) is 0 Å². The zero-order valence-electron chi connectivity index (χ0n) is 34.4. The molecule has 0 saturated carbocycles. The Bertz CT molecular complexity index is 3980. The van der Waals surface area contributed by atoms with E-state index in [0.717, 1.165) is 17.1 Å². The highest BCUT2D eigenvalue weighted by Gasteiger charge is 2.38. The fourth-order valence-electron chi connectivity index (χ4n) is 11.4. The minimum atomic E-state index is -0.246. The van der Waals surface area contributed by atoms with Gasteiger partial charge in [0, 0.05) is 65.6 Å². The Morgan fingerprint density at radius 2 is 1.02 bits per heavy atom. The Kier molecular flexibility index (Phi) is 6.63. The van der Waals surface area contributed by atoms with E-state index in [1.54, 1.807) is 0 Å². The third-order valence-electron chi connectivity index (χ3n) is 14.2. The molecule has 13 aromatic rings. The van der Waals surface area contributed by atoms with Gasteiger partial charge in [-0.15, -0.1) is 0 Å². The van der Waals surface area contributed by atoms with Crippen molar-refractivity contribution in [2.24, 2.45) is 0 Å². The zero-order chi connectivity index (χ0) is 40.8. The largest absolute Gasteiger partial charge is 0.310 e. The molecule has 0 unspecified atom stereocenters. The summed E-state index contributed by atoms with van der Waals surface area (Å²) in [7, 11) is 0. The third-order valence-corrected chi connectivity index (χ3v) is 14.2. The second kappa shape index (κ2) is 12.1. The van der Waals surface area contributed by atoms with E-state index in [1.807, 2.05) is 0 Å². The first kappa shape index (κ1) is 33.9. The maximum Gasteiger partial charge on any atom is 0.0623 e. The van der Waals surface area contributed by atoms with Gasteiger partial charge in [-0.1, -0.05) is 153 Å². The molecule has 3 heterocycles. The van der Waals surface area contributed by atoms with Crippen LogP contribution in [0.15, 0.2) is 200 Å². The molecule has 62 heavy (non-hydrogen) atoms. The van der Waals surface area contributed by atoms with Gasteiger partial charge in [-0.3, -0.25) is 0 Å². The molecule has 0 fully saturated rings. The molecule has 0 amide bonds. The van der Waals surface area contributed by atoms with Crippen molar-refractivity contribution in [2.75, 3.05) is 4.90 Å². The Morgan fingerprint density at radius 1 is 0.387 bits per heavy atom. The van der Waals surface area contributed by atoms with Gasteiger partial charge in [-0.05, 0) is 93.7 Å². The van der Waals surface area contributed by atoms with E-state index in [0.29, 0.717) is 0 Å². The standard InChI is InChI=1S/C59H39N3/c1-59(2)47-33-32-45-43-20-10-12-22-50(43)62-51-23-13-16-38-26-30-46-53(35-48(59)56(55(46)54(38)51)57(47)58(45)62)60(40-27-24-37(25-28-40)36-14-5-3-6-15-36)41-29-31-44-42-19-9-11-21-49(42)61(52(44)34-41)39-17-7-4-8-18-39/h3-35H,1-2H3. The lowest BCUT2D eigenvalue weighted by Gasteiger charge is -2.30. The molecule has 0 atom stereocenters. The molecule has 0 N–H and O–H groups in total. The molecule has 0 saturated heterocycles. The molecule has 3 heteroatoms. The Labute approximate surface area is 358 Å². The smallest absolute Gasteiger partial charge is 0.0623 e. The van der Waals surface area contributed by atoms with Crippen molar-refractivity contribution < 1.29 is 0 Å². The first-order valence-electron chi connectivity index (χ1n) is 21.7. The van der Waals surface area contributed by atoms with Crippen LogP contribution in [-0.4, -0.2) is 8.97 Å². The summed E-state index contributed by atoms with van der Waals surface area (Å²) < 4.78 is 5.00. The van der Waals surface area contributed by atoms with Gasteiger partial charge in [0.2, 0.25) is 0 Å². The Balaban J connectivity index is 1.13. The first-order valence-corrected chi connectivity index (χ1v) is 21.7. The summed E-state index contributed by atoms with van der Waals surface area (Å²) in [6, 6.07) is 74.5. The molecule has 0 aliphatic heterocycles. The van der Waals surface area contributed by atoms with E-state index in [-0.39, 0.29) is 5.41 Å². The lowest BCUT2D eigenvalue weighted by molar-refractivity contribution is 0.663. The fourth-order valence-corrected chi connectivity index (χ4v) is 11.4. The zero-order valence-corrected chi connectivity index (χ0v) is 34.4. The van der Waals surface area contributed by atoms with Crippen LogP contribution in [0.1, 0.15) is 25.0 Å². The number of aromatic nitrogens is 2. The molecule has 10 aromatic carbocycles. The lowest BCUT2D eigenvalue weighted by Crippen LogP contribution is -2.17. The number of fused-ring (bicyclic) bond motifs is 7. The van der Waals surface area contributed by atoms with Gasteiger partial charge in [0.1, 0.15) is 0 Å². The first-order chi connectivity index (χ1) is 30.5. The topological polar surface area (TPSA) is 12.6 Å². The number of para-hydroxylation sites is 3. The number of nitrogens with zero attached hydrogens (tertiary/aromatic N) is 3. The van der Waals surface area contributed by atoms with Gasteiger partial charge in [-0.2, -0.15) is 0 Å². The maximum atomic E-state index is 2.58. The van der Waals surface area contributed by atoms with Crippen LogP contribution in [0.5, 0.6) is 0 Å². The highest BCUT2D eigenvalue weighted by atomic mass is 15.1. The van der Waals surface area contributed by atoms with Crippen molar-refractivity contribution in [3.63, 3.8) is 0 Å². The van der Waals surface area contributed by atoms with Crippen molar-refractivity contribution in [2.45, 2.75) is 19.3 Å². The van der Waals surface area contributed by atoms with Crippen LogP contribution in [-0.2, 0) is 5.41 Å². The quantitative estimate of drug-likeness (QED) is 0.158. The van der Waals surface area contributed by atoms with Gasteiger partial charge in [0.25, 0.3) is 0 Å². The molecule has 0 bridgehead atoms. The molecule has 290 valence electrons. The summed E-state index contributed by atoms with van der Waals surface area (Å²) in [6.07, 6.45) is 0. The van der Waals surface area contributed by atoms with E-state index < -0.39 is 0 Å². The van der Waals surface area contributed by atoms with Crippen LogP contribution in [0.3, 0.4) is 0 Å². The van der Waals surface area contributed by atoms with Crippen LogP contribution in [0, 0.1) is 0 Å². The number of benzene rings is 10. The Hall–Kier alpha value is -7.88. The molecule has 0 radical (unpaired) electrons. The van der Waals surface area contributed by atoms with Crippen molar-refractivity contribution in [3.05, 3.63) is 211 Å². The molecule has 1 aliphatic carbocycles. The second-order valence-corrected chi connectivity index (χ2v) is 17.7. The normalized spacial score (nSPS) is 13.5. The summed E-state index contributed by atoms with van der Waals surface area (Å²) in [5, 5.41) is 13.0.